The summed E-state index contributed by atoms with van der Waals surface area (Å²) < 4.78 is 16.4. The first-order chi connectivity index (χ1) is 30.0. The first-order valence-corrected chi connectivity index (χ1v) is 22.6. The van der Waals surface area contributed by atoms with Gasteiger partial charge in [0.1, 0.15) is 13.2 Å². The van der Waals surface area contributed by atoms with Crippen LogP contribution in [-0.2, 0) is 28.6 Å². The molecule has 334 valence electrons. The van der Waals surface area contributed by atoms with Gasteiger partial charge in [-0.2, -0.15) is 0 Å². The molecule has 0 saturated carbocycles. The van der Waals surface area contributed by atoms with E-state index in [2.05, 4.69) is 154 Å². The van der Waals surface area contributed by atoms with Crippen LogP contribution in [0.15, 0.2) is 170 Å². The maximum Gasteiger partial charge on any atom is 0.310 e. The van der Waals surface area contributed by atoms with Crippen molar-refractivity contribution in [3.63, 3.8) is 0 Å². The highest BCUT2D eigenvalue weighted by molar-refractivity contribution is 5.72. The average molecular weight is 835 g/mol. The van der Waals surface area contributed by atoms with E-state index in [0.717, 1.165) is 77.0 Å². The van der Waals surface area contributed by atoms with Crippen molar-refractivity contribution in [3.05, 3.63) is 170 Å². The lowest BCUT2D eigenvalue weighted by atomic mass is 10.2. The number of rotatable bonds is 37. The van der Waals surface area contributed by atoms with Gasteiger partial charge in [-0.25, -0.2) is 0 Å². The van der Waals surface area contributed by atoms with Gasteiger partial charge >= 0.3 is 17.9 Å². The van der Waals surface area contributed by atoms with Gasteiger partial charge in [-0.15, -0.1) is 0 Å². The molecular weight excluding hydrogens is 757 g/mol. The van der Waals surface area contributed by atoms with Crippen LogP contribution in [0.4, 0.5) is 0 Å². The van der Waals surface area contributed by atoms with Crippen LogP contribution in [0.2, 0.25) is 0 Å². The Morgan fingerprint density at radius 1 is 0.328 bits per heavy atom. The van der Waals surface area contributed by atoms with E-state index < -0.39 is 24.0 Å². The molecule has 0 aromatic heterocycles. The van der Waals surface area contributed by atoms with Crippen molar-refractivity contribution in [3.8, 4) is 0 Å². The molecule has 1 atom stereocenters. The van der Waals surface area contributed by atoms with E-state index in [0.29, 0.717) is 19.3 Å². The minimum Gasteiger partial charge on any atom is -0.462 e. The molecule has 0 N–H and O–H groups in total. The van der Waals surface area contributed by atoms with E-state index in [1.165, 1.54) is 0 Å². The molecule has 0 aromatic carbocycles. The fraction of sp³-hybridized carbons (Fsp3) is 0.436. The SMILES string of the molecule is CC/C=C\C/C=C\C/C=C\C/C=C\C/C=C\CC(=O)OCC(COC(=O)CC/C=C\C/C=C\C/C=C\C/C=C\CC)OC(=O)C/C=C\C/C=C\C/C=C\C/C=C\C/C=C\CC. The van der Waals surface area contributed by atoms with Crippen molar-refractivity contribution < 1.29 is 28.6 Å². The van der Waals surface area contributed by atoms with Crippen LogP contribution in [-0.4, -0.2) is 37.2 Å². The normalized spacial score (nSPS) is 13.7. The Morgan fingerprint density at radius 3 is 0.918 bits per heavy atom. The highest BCUT2D eigenvalue weighted by Crippen LogP contribution is 2.05. The Kier molecular flexibility index (Phi) is 43.4. The van der Waals surface area contributed by atoms with Crippen molar-refractivity contribution in [2.24, 2.45) is 0 Å². The molecule has 6 nitrogen and oxygen atoms in total. The molecule has 0 fully saturated rings. The van der Waals surface area contributed by atoms with Gasteiger partial charge in [-0.05, 0) is 96.3 Å². The summed E-state index contributed by atoms with van der Waals surface area (Å²) in [6.45, 7) is 5.99. The molecule has 0 spiro atoms. The van der Waals surface area contributed by atoms with Crippen molar-refractivity contribution in [2.75, 3.05) is 13.2 Å². The quantitative estimate of drug-likeness (QED) is 0.0352. The van der Waals surface area contributed by atoms with Gasteiger partial charge in [-0.3, -0.25) is 14.4 Å². The van der Waals surface area contributed by atoms with E-state index in [4.69, 9.17) is 14.2 Å². The first kappa shape index (κ1) is 55.8. The summed E-state index contributed by atoms with van der Waals surface area (Å²) in [5.41, 5.74) is 0. The molecule has 0 saturated heterocycles. The maximum atomic E-state index is 12.7. The summed E-state index contributed by atoms with van der Waals surface area (Å²) in [4.78, 5) is 37.6. The summed E-state index contributed by atoms with van der Waals surface area (Å²) in [6, 6.07) is 0. The fourth-order valence-corrected chi connectivity index (χ4v) is 5.01. The topological polar surface area (TPSA) is 78.9 Å². The standard InChI is InChI=1S/C55H78O6/c1-4-7-10-13-16-19-22-25-27-30-33-36-39-42-45-48-54(57)60-51-52(50-59-53(56)47-44-41-38-35-32-29-24-21-18-15-12-9-6-3)61-55(58)49-46-43-40-37-34-31-28-26-23-20-17-14-11-8-5-2/h7-12,16-21,25-29,32-34,36-38,41-43,45-46,52H,4-6,13-15,22-24,30-31,35,39-40,44,47-51H2,1-3H3/b10-7-,11-8-,12-9-,19-16-,20-17-,21-18-,27-25-,28-26-,32-29-,36-33-,37-34-,41-38-,45-42-,46-43-. The van der Waals surface area contributed by atoms with E-state index >= 15 is 0 Å². The van der Waals surface area contributed by atoms with E-state index in [9.17, 15) is 14.4 Å². The summed E-state index contributed by atoms with van der Waals surface area (Å²) in [6.07, 6.45) is 71.1. The molecule has 6 heteroatoms. The zero-order chi connectivity index (χ0) is 44.4. The van der Waals surface area contributed by atoms with Crippen molar-refractivity contribution in [1.82, 2.24) is 0 Å². The lowest BCUT2D eigenvalue weighted by molar-refractivity contribution is -0.165. The first-order valence-electron chi connectivity index (χ1n) is 22.6. The molecule has 0 rings (SSSR count). The number of carbonyl (C=O) groups excluding carboxylic acids is 3. The third kappa shape index (κ3) is 45.7. The van der Waals surface area contributed by atoms with Gasteiger partial charge in [0.05, 0.1) is 12.8 Å². The van der Waals surface area contributed by atoms with Gasteiger partial charge in [0.25, 0.3) is 0 Å². The monoisotopic (exact) mass is 835 g/mol. The number of carbonyl (C=O) groups is 3. The van der Waals surface area contributed by atoms with Gasteiger partial charge in [0.15, 0.2) is 6.10 Å². The molecule has 0 aliphatic carbocycles. The summed E-state index contributed by atoms with van der Waals surface area (Å²) in [5.74, 6) is -1.35. The minimum absolute atomic E-state index is 0.0534. The summed E-state index contributed by atoms with van der Waals surface area (Å²) >= 11 is 0. The molecule has 0 aromatic rings. The van der Waals surface area contributed by atoms with Crippen LogP contribution in [0.1, 0.15) is 136 Å². The fourth-order valence-electron chi connectivity index (χ4n) is 5.01. The zero-order valence-electron chi connectivity index (χ0n) is 37.8. The minimum atomic E-state index is -0.908. The van der Waals surface area contributed by atoms with Gasteiger partial charge in [-0.1, -0.05) is 191 Å². The molecule has 0 radical (unpaired) electrons. The van der Waals surface area contributed by atoms with Crippen LogP contribution < -0.4 is 0 Å². The lowest BCUT2D eigenvalue weighted by Gasteiger charge is -2.17. The second-order valence-corrected chi connectivity index (χ2v) is 13.8. The highest BCUT2D eigenvalue weighted by Gasteiger charge is 2.18. The maximum absolute atomic E-state index is 12.7. The number of allylic oxidation sites excluding steroid dienone is 26. The largest absolute Gasteiger partial charge is 0.462 e. The Bertz CT molecular complexity index is 1520. The average Bonchev–Trinajstić information content (AvgIpc) is 3.26. The van der Waals surface area contributed by atoms with Crippen LogP contribution in [0.5, 0.6) is 0 Å². The molecule has 0 aliphatic rings. The molecule has 0 aliphatic heterocycles. The number of hydrogen-bond donors (Lipinski definition) is 0. The Labute approximate surface area is 371 Å². The predicted molar refractivity (Wildman–Crippen MR) is 260 cm³/mol. The van der Waals surface area contributed by atoms with Gasteiger partial charge < -0.3 is 14.2 Å². The molecule has 0 bridgehead atoms. The third-order valence-electron chi connectivity index (χ3n) is 8.28. The van der Waals surface area contributed by atoms with Crippen LogP contribution in [0.25, 0.3) is 0 Å². The van der Waals surface area contributed by atoms with Gasteiger partial charge in [0.2, 0.25) is 0 Å². The number of hydrogen-bond acceptors (Lipinski definition) is 6. The van der Waals surface area contributed by atoms with Crippen LogP contribution in [0.3, 0.4) is 0 Å². The molecule has 61 heavy (non-hydrogen) atoms. The molecule has 1 unspecified atom stereocenters. The number of ether oxygens (including phenoxy) is 3. The van der Waals surface area contributed by atoms with Crippen molar-refractivity contribution in [2.45, 2.75) is 142 Å². The third-order valence-corrected chi connectivity index (χ3v) is 8.28. The van der Waals surface area contributed by atoms with Gasteiger partial charge in [0, 0.05) is 6.42 Å². The predicted octanol–water partition coefficient (Wildman–Crippen LogP) is 14.9. The van der Waals surface area contributed by atoms with Crippen LogP contribution >= 0.6 is 0 Å². The van der Waals surface area contributed by atoms with E-state index in [1.54, 1.807) is 12.2 Å². The lowest BCUT2D eigenvalue weighted by Crippen LogP contribution is -2.30. The Balaban J connectivity index is 4.80. The van der Waals surface area contributed by atoms with Crippen LogP contribution in [0, 0.1) is 0 Å². The highest BCUT2D eigenvalue weighted by atomic mass is 16.6. The summed E-state index contributed by atoms with van der Waals surface area (Å²) in [7, 11) is 0. The Morgan fingerprint density at radius 2 is 0.590 bits per heavy atom. The van der Waals surface area contributed by atoms with Crippen molar-refractivity contribution in [1.29, 1.82) is 0 Å². The molecular formula is C55H78O6. The second-order valence-electron chi connectivity index (χ2n) is 13.8. The smallest absolute Gasteiger partial charge is 0.310 e. The van der Waals surface area contributed by atoms with Crippen molar-refractivity contribution >= 4 is 17.9 Å². The van der Waals surface area contributed by atoms with E-state index in [1.807, 2.05) is 24.3 Å². The molecule has 0 amide bonds. The number of esters is 3. The zero-order valence-corrected chi connectivity index (χ0v) is 37.8. The Hall–Kier alpha value is -5.23. The summed E-state index contributed by atoms with van der Waals surface area (Å²) in [5, 5.41) is 0. The second kappa shape index (κ2) is 47.4. The molecule has 0 heterocycles. The van der Waals surface area contributed by atoms with E-state index in [-0.39, 0.29) is 32.5 Å².